The van der Waals surface area contributed by atoms with E-state index in [0.717, 1.165) is 10.9 Å². The highest BCUT2D eigenvalue weighted by Crippen LogP contribution is 2.23. The molecule has 1 heterocycles. The first-order valence-electron chi connectivity index (χ1n) is 3.58. The zero-order valence-corrected chi connectivity index (χ0v) is 8.10. The average molecular weight is 228 g/mol. The smallest absolute Gasteiger partial charge is 0.138 e. The summed E-state index contributed by atoms with van der Waals surface area (Å²) in [5.74, 6) is -0.214. The van der Waals surface area contributed by atoms with Crippen LogP contribution in [-0.2, 0) is 7.05 Å². The fourth-order valence-corrected chi connectivity index (χ4v) is 1.59. The van der Waals surface area contributed by atoms with E-state index in [1.54, 1.807) is 6.07 Å². The Labute approximate surface area is 77.9 Å². The monoisotopic (exact) mass is 227 g/mol. The summed E-state index contributed by atoms with van der Waals surface area (Å²) in [4.78, 5) is 0. The molecule has 0 aliphatic heterocycles. The molecule has 12 heavy (non-hydrogen) atoms. The number of benzene rings is 1. The minimum atomic E-state index is -0.214. The Morgan fingerprint density at radius 2 is 2.17 bits per heavy atom. The van der Waals surface area contributed by atoms with Crippen LogP contribution in [-0.4, -0.2) is 4.57 Å². The number of hydrogen-bond donors (Lipinski definition) is 0. The average Bonchev–Trinajstić information content (AvgIpc) is 2.35. The Bertz CT molecular complexity index is 433. The topological polar surface area (TPSA) is 4.93 Å². The molecule has 0 unspecified atom stereocenters. The molecule has 0 aliphatic rings. The van der Waals surface area contributed by atoms with Gasteiger partial charge in [-0.25, -0.2) is 4.39 Å². The SMILES string of the molecule is Cn1ccc2cc(F)c(Br)cc21. The quantitative estimate of drug-likeness (QED) is 0.652. The van der Waals surface area contributed by atoms with Gasteiger partial charge in [-0.15, -0.1) is 0 Å². The maximum absolute atomic E-state index is 13.0. The number of hydrogen-bond acceptors (Lipinski definition) is 0. The van der Waals surface area contributed by atoms with E-state index in [1.807, 2.05) is 23.9 Å². The molecule has 2 aromatic rings. The standard InChI is InChI=1S/C9H7BrFN/c1-12-3-2-6-4-8(11)7(10)5-9(6)12/h2-5H,1H3. The molecule has 0 aliphatic carbocycles. The first kappa shape index (κ1) is 7.80. The molecule has 0 atom stereocenters. The van der Waals surface area contributed by atoms with Gasteiger partial charge < -0.3 is 4.57 Å². The molecular weight excluding hydrogens is 221 g/mol. The molecule has 1 aromatic carbocycles. The normalized spacial score (nSPS) is 10.9. The van der Waals surface area contributed by atoms with Crippen LogP contribution in [0.1, 0.15) is 0 Å². The van der Waals surface area contributed by atoms with Gasteiger partial charge in [0.25, 0.3) is 0 Å². The van der Waals surface area contributed by atoms with Gasteiger partial charge in [0.2, 0.25) is 0 Å². The maximum atomic E-state index is 13.0. The highest BCUT2D eigenvalue weighted by molar-refractivity contribution is 9.10. The lowest BCUT2D eigenvalue weighted by Crippen LogP contribution is -1.84. The van der Waals surface area contributed by atoms with Crippen molar-refractivity contribution in [2.45, 2.75) is 0 Å². The molecule has 1 nitrogen and oxygen atoms in total. The lowest BCUT2D eigenvalue weighted by Gasteiger charge is -1.97. The number of halogens is 2. The van der Waals surface area contributed by atoms with Gasteiger partial charge >= 0.3 is 0 Å². The third-order valence-corrected chi connectivity index (χ3v) is 2.53. The van der Waals surface area contributed by atoms with E-state index < -0.39 is 0 Å². The van der Waals surface area contributed by atoms with Crippen molar-refractivity contribution in [1.82, 2.24) is 4.57 Å². The summed E-state index contributed by atoms with van der Waals surface area (Å²) in [6, 6.07) is 5.20. The van der Waals surface area contributed by atoms with Gasteiger partial charge in [-0.05, 0) is 34.1 Å². The Morgan fingerprint density at radius 3 is 2.92 bits per heavy atom. The number of nitrogens with zero attached hydrogens (tertiary/aromatic N) is 1. The van der Waals surface area contributed by atoms with E-state index in [1.165, 1.54) is 6.07 Å². The Kier molecular flexibility index (Phi) is 1.68. The molecule has 0 spiro atoms. The Hall–Kier alpha value is -0.830. The zero-order chi connectivity index (χ0) is 8.72. The van der Waals surface area contributed by atoms with Crippen molar-refractivity contribution in [1.29, 1.82) is 0 Å². The molecule has 0 fully saturated rings. The highest BCUT2D eigenvalue weighted by atomic mass is 79.9. The van der Waals surface area contributed by atoms with Crippen molar-refractivity contribution in [3.8, 4) is 0 Å². The van der Waals surface area contributed by atoms with E-state index in [-0.39, 0.29) is 5.82 Å². The number of rotatable bonds is 0. The summed E-state index contributed by atoms with van der Waals surface area (Å²) >= 11 is 3.15. The van der Waals surface area contributed by atoms with Crippen molar-refractivity contribution in [2.75, 3.05) is 0 Å². The van der Waals surface area contributed by atoms with Crippen molar-refractivity contribution in [3.63, 3.8) is 0 Å². The van der Waals surface area contributed by atoms with Crippen LogP contribution in [0.3, 0.4) is 0 Å². The third-order valence-electron chi connectivity index (χ3n) is 1.93. The van der Waals surface area contributed by atoms with Crippen molar-refractivity contribution >= 4 is 26.8 Å². The number of aryl methyl sites for hydroxylation is 1. The van der Waals surface area contributed by atoms with Gasteiger partial charge in [-0.1, -0.05) is 0 Å². The van der Waals surface area contributed by atoms with Gasteiger partial charge in [0.15, 0.2) is 0 Å². The van der Waals surface area contributed by atoms with E-state index >= 15 is 0 Å². The molecule has 0 radical (unpaired) electrons. The summed E-state index contributed by atoms with van der Waals surface area (Å²) in [7, 11) is 1.94. The second kappa shape index (κ2) is 2.59. The molecule has 62 valence electrons. The molecule has 1 aromatic heterocycles. The number of aromatic nitrogens is 1. The van der Waals surface area contributed by atoms with Crippen molar-refractivity contribution in [2.24, 2.45) is 7.05 Å². The Balaban J connectivity index is 2.87. The van der Waals surface area contributed by atoms with Crippen LogP contribution in [0.25, 0.3) is 10.9 Å². The number of fused-ring (bicyclic) bond motifs is 1. The Morgan fingerprint density at radius 1 is 1.42 bits per heavy atom. The molecule has 0 saturated carbocycles. The van der Waals surface area contributed by atoms with Gasteiger partial charge in [0, 0.05) is 24.1 Å². The van der Waals surface area contributed by atoms with E-state index in [9.17, 15) is 4.39 Å². The molecule has 0 saturated heterocycles. The van der Waals surface area contributed by atoms with Crippen LogP contribution >= 0.6 is 15.9 Å². The van der Waals surface area contributed by atoms with Crippen LogP contribution in [0, 0.1) is 5.82 Å². The molecule has 3 heteroatoms. The lowest BCUT2D eigenvalue weighted by atomic mass is 10.2. The van der Waals surface area contributed by atoms with Crippen LogP contribution in [0.5, 0.6) is 0 Å². The molecule has 0 N–H and O–H groups in total. The predicted octanol–water partition coefficient (Wildman–Crippen LogP) is 3.08. The van der Waals surface area contributed by atoms with Crippen LogP contribution < -0.4 is 0 Å². The van der Waals surface area contributed by atoms with E-state index in [4.69, 9.17) is 0 Å². The zero-order valence-electron chi connectivity index (χ0n) is 6.51. The highest BCUT2D eigenvalue weighted by Gasteiger charge is 2.03. The predicted molar refractivity (Wildman–Crippen MR) is 50.6 cm³/mol. The minimum Gasteiger partial charge on any atom is -0.351 e. The van der Waals surface area contributed by atoms with Crippen molar-refractivity contribution < 1.29 is 4.39 Å². The van der Waals surface area contributed by atoms with Gasteiger partial charge in [-0.2, -0.15) is 0 Å². The first-order valence-corrected chi connectivity index (χ1v) is 4.38. The lowest BCUT2D eigenvalue weighted by molar-refractivity contribution is 0.623. The minimum absolute atomic E-state index is 0.214. The summed E-state index contributed by atoms with van der Waals surface area (Å²) in [5, 5.41) is 0.929. The third kappa shape index (κ3) is 1.05. The second-order valence-corrected chi connectivity index (χ2v) is 3.61. The molecule has 0 bridgehead atoms. The summed E-state index contributed by atoms with van der Waals surface area (Å²) in [6.45, 7) is 0. The first-order chi connectivity index (χ1) is 5.68. The largest absolute Gasteiger partial charge is 0.351 e. The molecule has 2 rings (SSSR count). The summed E-state index contributed by atoms with van der Waals surface area (Å²) < 4.78 is 15.5. The maximum Gasteiger partial charge on any atom is 0.138 e. The van der Waals surface area contributed by atoms with Crippen molar-refractivity contribution in [3.05, 3.63) is 34.7 Å². The van der Waals surface area contributed by atoms with Crippen LogP contribution in [0.15, 0.2) is 28.9 Å². The van der Waals surface area contributed by atoms with E-state index in [0.29, 0.717) is 4.47 Å². The summed E-state index contributed by atoms with van der Waals surface area (Å²) in [6.07, 6.45) is 1.91. The second-order valence-electron chi connectivity index (χ2n) is 2.75. The molecule has 0 amide bonds. The van der Waals surface area contributed by atoms with Crippen LogP contribution in [0.2, 0.25) is 0 Å². The van der Waals surface area contributed by atoms with Crippen LogP contribution in [0.4, 0.5) is 4.39 Å². The summed E-state index contributed by atoms with van der Waals surface area (Å²) in [5.41, 5.74) is 1.03. The molecular formula is C9H7BrFN. The van der Waals surface area contributed by atoms with Gasteiger partial charge in [0.05, 0.1) is 4.47 Å². The van der Waals surface area contributed by atoms with Gasteiger partial charge in [-0.3, -0.25) is 0 Å². The van der Waals surface area contributed by atoms with E-state index in [2.05, 4.69) is 15.9 Å². The van der Waals surface area contributed by atoms with Gasteiger partial charge in [0.1, 0.15) is 5.82 Å². The fraction of sp³-hybridized carbons (Fsp3) is 0.111. The fourth-order valence-electron chi connectivity index (χ4n) is 1.26.